The Bertz CT molecular complexity index is 1050. The molecule has 0 aliphatic heterocycles. The average molecular weight is 408 g/mol. The molecule has 0 spiro atoms. The zero-order chi connectivity index (χ0) is 17.6. The van der Waals surface area contributed by atoms with Crippen LogP contribution >= 0.6 is 27.3 Å². The molecule has 124 valence electrons. The minimum absolute atomic E-state index is 0.0862. The van der Waals surface area contributed by atoms with E-state index in [1.165, 1.54) is 25.4 Å². The first kappa shape index (κ1) is 16.7. The highest BCUT2D eigenvalue weighted by atomic mass is 79.9. The van der Waals surface area contributed by atoms with Crippen LogP contribution in [0.1, 0.15) is 5.01 Å². The summed E-state index contributed by atoms with van der Waals surface area (Å²) in [6.45, 7) is 1.83. The van der Waals surface area contributed by atoms with Crippen molar-refractivity contribution in [3.8, 4) is 27.6 Å². The molecular weight excluding hydrogens is 394 g/mol. The third-order valence-corrected chi connectivity index (χ3v) is 5.23. The predicted octanol–water partition coefficient (Wildman–Crippen LogP) is 2.65. The van der Waals surface area contributed by atoms with Crippen molar-refractivity contribution in [2.24, 2.45) is 14.1 Å². The molecule has 2 aromatic heterocycles. The highest BCUT2D eigenvalue weighted by molar-refractivity contribution is 9.10. The van der Waals surface area contributed by atoms with Crippen LogP contribution in [-0.4, -0.2) is 19.2 Å². The van der Waals surface area contributed by atoms with E-state index in [1.807, 2.05) is 31.2 Å². The van der Waals surface area contributed by atoms with Crippen molar-refractivity contribution in [2.45, 2.75) is 6.92 Å². The standard InChI is InChI=1S/C16H14BrN3O3S/c1-8-18-12(9-4-6-10(17)7-5-9)13(24-8)11-14(21)19(2)16(23)20(3)15(11)22/h4-7,21H,1-3H3. The van der Waals surface area contributed by atoms with Gasteiger partial charge in [-0.3, -0.25) is 13.9 Å². The molecule has 1 N–H and O–H groups in total. The Morgan fingerprint density at radius 3 is 2.38 bits per heavy atom. The SMILES string of the molecule is Cc1nc(-c2ccc(Br)cc2)c(-c2c(O)n(C)c(=O)n(C)c2=O)s1. The van der Waals surface area contributed by atoms with Gasteiger partial charge in [0.1, 0.15) is 5.56 Å². The lowest BCUT2D eigenvalue weighted by Crippen LogP contribution is -2.37. The molecule has 0 saturated carbocycles. The van der Waals surface area contributed by atoms with Crippen molar-refractivity contribution in [3.63, 3.8) is 0 Å². The number of aryl methyl sites for hydroxylation is 1. The van der Waals surface area contributed by atoms with Gasteiger partial charge in [-0.2, -0.15) is 0 Å². The summed E-state index contributed by atoms with van der Waals surface area (Å²) in [6.07, 6.45) is 0. The van der Waals surface area contributed by atoms with E-state index in [2.05, 4.69) is 20.9 Å². The normalized spacial score (nSPS) is 11.0. The van der Waals surface area contributed by atoms with Gasteiger partial charge in [-0.15, -0.1) is 11.3 Å². The van der Waals surface area contributed by atoms with E-state index in [1.54, 1.807) is 0 Å². The van der Waals surface area contributed by atoms with Crippen molar-refractivity contribution in [3.05, 3.63) is 54.6 Å². The summed E-state index contributed by atoms with van der Waals surface area (Å²) in [5, 5.41) is 11.1. The third-order valence-electron chi connectivity index (χ3n) is 3.71. The van der Waals surface area contributed by atoms with Crippen LogP contribution in [-0.2, 0) is 14.1 Å². The topological polar surface area (TPSA) is 77.1 Å². The molecule has 0 fully saturated rings. The maximum absolute atomic E-state index is 12.6. The van der Waals surface area contributed by atoms with Crippen LogP contribution in [0.15, 0.2) is 38.3 Å². The van der Waals surface area contributed by atoms with E-state index in [4.69, 9.17) is 0 Å². The molecule has 0 bridgehead atoms. The molecule has 0 saturated heterocycles. The van der Waals surface area contributed by atoms with Crippen molar-refractivity contribution in [1.29, 1.82) is 0 Å². The molecule has 0 unspecified atom stereocenters. The lowest BCUT2D eigenvalue weighted by atomic mass is 10.1. The lowest BCUT2D eigenvalue weighted by Gasteiger charge is -2.10. The van der Waals surface area contributed by atoms with Crippen molar-refractivity contribution in [1.82, 2.24) is 14.1 Å². The average Bonchev–Trinajstić information content (AvgIpc) is 2.93. The fourth-order valence-electron chi connectivity index (χ4n) is 2.43. The Kier molecular flexibility index (Phi) is 4.18. The number of aromatic hydroxyl groups is 1. The van der Waals surface area contributed by atoms with Gasteiger partial charge in [0.05, 0.1) is 15.6 Å². The largest absolute Gasteiger partial charge is 0.494 e. The molecular formula is C16H14BrN3O3S. The quantitative estimate of drug-likeness (QED) is 0.708. The third kappa shape index (κ3) is 2.61. The second kappa shape index (κ2) is 6.03. The number of halogens is 1. The van der Waals surface area contributed by atoms with Gasteiger partial charge in [-0.25, -0.2) is 9.78 Å². The minimum atomic E-state index is -0.576. The summed E-state index contributed by atoms with van der Waals surface area (Å²) >= 11 is 4.69. The van der Waals surface area contributed by atoms with Crippen LogP contribution in [0.25, 0.3) is 21.7 Å². The molecule has 8 heteroatoms. The number of nitrogens with zero attached hydrogens (tertiary/aromatic N) is 3. The van der Waals surface area contributed by atoms with Gasteiger partial charge in [0, 0.05) is 24.1 Å². The van der Waals surface area contributed by atoms with Gasteiger partial charge in [0.15, 0.2) is 0 Å². The molecule has 0 aliphatic carbocycles. The van der Waals surface area contributed by atoms with Crippen LogP contribution in [0, 0.1) is 6.92 Å². The fourth-order valence-corrected chi connectivity index (χ4v) is 3.67. The molecule has 0 amide bonds. The van der Waals surface area contributed by atoms with Gasteiger partial charge < -0.3 is 5.11 Å². The van der Waals surface area contributed by atoms with Crippen LogP contribution in [0.4, 0.5) is 0 Å². The van der Waals surface area contributed by atoms with Crippen LogP contribution < -0.4 is 11.2 Å². The maximum atomic E-state index is 12.6. The Morgan fingerprint density at radius 1 is 1.12 bits per heavy atom. The van der Waals surface area contributed by atoms with Crippen molar-refractivity contribution < 1.29 is 5.11 Å². The van der Waals surface area contributed by atoms with Crippen molar-refractivity contribution >= 4 is 27.3 Å². The van der Waals surface area contributed by atoms with E-state index in [-0.39, 0.29) is 11.4 Å². The first-order valence-electron chi connectivity index (χ1n) is 7.04. The first-order valence-corrected chi connectivity index (χ1v) is 8.65. The number of hydrogen-bond donors (Lipinski definition) is 1. The van der Waals surface area contributed by atoms with E-state index >= 15 is 0 Å². The van der Waals surface area contributed by atoms with Gasteiger partial charge in [0.25, 0.3) is 5.56 Å². The van der Waals surface area contributed by atoms with Crippen LogP contribution in [0.2, 0.25) is 0 Å². The van der Waals surface area contributed by atoms with E-state index in [9.17, 15) is 14.7 Å². The minimum Gasteiger partial charge on any atom is -0.494 e. The second-order valence-electron chi connectivity index (χ2n) is 5.32. The summed E-state index contributed by atoms with van der Waals surface area (Å²) < 4.78 is 2.97. The molecule has 6 nitrogen and oxygen atoms in total. The van der Waals surface area contributed by atoms with Gasteiger partial charge >= 0.3 is 5.69 Å². The van der Waals surface area contributed by atoms with Crippen molar-refractivity contribution in [2.75, 3.05) is 0 Å². The second-order valence-corrected chi connectivity index (χ2v) is 7.44. The predicted molar refractivity (Wildman–Crippen MR) is 97.6 cm³/mol. The smallest absolute Gasteiger partial charge is 0.333 e. The van der Waals surface area contributed by atoms with E-state index in [0.29, 0.717) is 10.6 Å². The monoisotopic (exact) mass is 407 g/mol. The molecule has 0 aliphatic rings. The summed E-state index contributed by atoms with van der Waals surface area (Å²) in [6, 6.07) is 7.52. The maximum Gasteiger partial charge on any atom is 0.333 e. The number of rotatable bonds is 2. The molecule has 24 heavy (non-hydrogen) atoms. The summed E-state index contributed by atoms with van der Waals surface area (Å²) in [5.41, 5.74) is 0.400. The number of aromatic nitrogens is 3. The van der Waals surface area contributed by atoms with E-state index < -0.39 is 11.2 Å². The first-order chi connectivity index (χ1) is 11.3. The van der Waals surface area contributed by atoms with Crippen LogP contribution in [0.5, 0.6) is 5.88 Å². The van der Waals surface area contributed by atoms with Gasteiger partial charge in [0.2, 0.25) is 5.88 Å². The Morgan fingerprint density at radius 2 is 1.75 bits per heavy atom. The summed E-state index contributed by atoms with van der Waals surface area (Å²) in [7, 11) is 2.81. The number of thiazole rings is 1. The molecule has 2 heterocycles. The molecule has 0 atom stereocenters. The fraction of sp³-hybridized carbons (Fsp3) is 0.188. The number of hydrogen-bond acceptors (Lipinski definition) is 5. The summed E-state index contributed by atoms with van der Waals surface area (Å²) in [4.78, 5) is 29.6. The zero-order valence-corrected chi connectivity index (χ0v) is 15.6. The Balaban J connectivity index is 2.36. The van der Waals surface area contributed by atoms with E-state index in [0.717, 1.165) is 24.2 Å². The highest BCUT2D eigenvalue weighted by Gasteiger charge is 2.23. The lowest BCUT2D eigenvalue weighted by molar-refractivity contribution is 0.415. The highest BCUT2D eigenvalue weighted by Crippen LogP contribution is 2.38. The summed E-state index contributed by atoms with van der Waals surface area (Å²) in [5.74, 6) is -0.356. The zero-order valence-electron chi connectivity index (χ0n) is 13.2. The molecule has 0 radical (unpaired) electrons. The molecule has 3 aromatic rings. The van der Waals surface area contributed by atoms with Gasteiger partial charge in [-0.05, 0) is 19.1 Å². The Hall–Kier alpha value is -2.19. The van der Waals surface area contributed by atoms with Gasteiger partial charge in [-0.1, -0.05) is 28.1 Å². The molecule has 1 aromatic carbocycles. The van der Waals surface area contributed by atoms with Crippen LogP contribution in [0.3, 0.4) is 0 Å². The molecule has 3 rings (SSSR count). The number of benzene rings is 1. The Labute approximate surface area is 149 Å².